The zero-order valence-electron chi connectivity index (χ0n) is 12.2. The molecule has 0 radical (unpaired) electrons. The van der Waals surface area contributed by atoms with Crippen molar-refractivity contribution in [2.75, 3.05) is 26.2 Å². The number of benzene rings is 1. The number of hydrogen-bond acceptors (Lipinski definition) is 3. The van der Waals surface area contributed by atoms with Gasteiger partial charge in [-0.2, -0.15) is 0 Å². The molecule has 0 aliphatic carbocycles. The SMILES string of the molecule is CC(CC(C(N)=O)N1CCCNCC1)c1ccccc1. The maximum atomic E-state index is 11.8. The summed E-state index contributed by atoms with van der Waals surface area (Å²) in [4.78, 5) is 14.1. The molecule has 2 unspecified atom stereocenters. The van der Waals surface area contributed by atoms with Crippen LogP contribution in [0.15, 0.2) is 30.3 Å². The van der Waals surface area contributed by atoms with Gasteiger partial charge in [-0.3, -0.25) is 9.69 Å². The Morgan fingerprint density at radius 1 is 1.30 bits per heavy atom. The Morgan fingerprint density at radius 2 is 2.05 bits per heavy atom. The number of rotatable bonds is 5. The normalized spacial score (nSPS) is 20.1. The average molecular weight is 275 g/mol. The lowest BCUT2D eigenvalue weighted by Crippen LogP contribution is -2.46. The predicted octanol–water partition coefficient (Wildman–Crippen LogP) is 1.33. The summed E-state index contributed by atoms with van der Waals surface area (Å²) in [6.45, 7) is 5.97. The molecule has 110 valence electrons. The van der Waals surface area contributed by atoms with Crippen LogP contribution in [-0.2, 0) is 4.79 Å². The Labute approximate surface area is 121 Å². The molecule has 0 saturated carbocycles. The van der Waals surface area contributed by atoms with Crippen molar-refractivity contribution < 1.29 is 4.79 Å². The number of nitrogens with zero attached hydrogens (tertiary/aromatic N) is 1. The molecular formula is C16H25N3O. The summed E-state index contributed by atoms with van der Waals surface area (Å²) in [5.41, 5.74) is 6.91. The molecule has 0 bridgehead atoms. The van der Waals surface area contributed by atoms with Gasteiger partial charge in [-0.1, -0.05) is 37.3 Å². The number of carbonyl (C=O) groups is 1. The van der Waals surface area contributed by atoms with E-state index < -0.39 is 0 Å². The summed E-state index contributed by atoms with van der Waals surface area (Å²) in [6, 6.07) is 10.2. The molecular weight excluding hydrogens is 250 g/mol. The molecule has 0 aromatic heterocycles. The minimum atomic E-state index is -0.199. The first kappa shape index (κ1) is 15.0. The smallest absolute Gasteiger partial charge is 0.234 e. The van der Waals surface area contributed by atoms with Gasteiger partial charge >= 0.3 is 0 Å². The van der Waals surface area contributed by atoms with Crippen LogP contribution in [0.3, 0.4) is 0 Å². The third-order valence-electron chi connectivity index (χ3n) is 4.09. The van der Waals surface area contributed by atoms with Gasteiger partial charge in [0, 0.05) is 19.6 Å². The summed E-state index contributed by atoms with van der Waals surface area (Å²) < 4.78 is 0. The van der Waals surface area contributed by atoms with Crippen LogP contribution in [0.25, 0.3) is 0 Å². The van der Waals surface area contributed by atoms with E-state index in [4.69, 9.17) is 5.73 Å². The van der Waals surface area contributed by atoms with E-state index in [0.29, 0.717) is 5.92 Å². The van der Waals surface area contributed by atoms with Crippen LogP contribution in [0, 0.1) is 0 Å². The van der Waals surface area contributed by atoms with Gasteiger partial charge in [0.05, 0.1) is 6.04 Å². The van der Waals surface area contributed by atoms with Crippen LogP contribution in [0.5, 0.6) is 0 Å². The zero-order valence-corrected chi connectivity index (χ0v) is 12.2. The number of nitrogens with one attached hydrogen (secondary N) is 1. The Morgan fingerprint density at radius 3 is 2.75 bits per heavy atom. The van der Waals surface area contributed by atoms with E-state index in [2.05, 4.69) is 29.3 Å². The van der Waals surface area contributed by atoms with Crippen molar-refractivity contribution in [1.82, 2.24) is 10.2 Å². The predicted molar refractivity (Wildman–Crippen MR) is 81.5 cm³/mol. The molecule has 1 aromatic rings. The van der Waals surface area contributed by atoms with Gasteiger partial charge < -0.3 is 11.1 Å². The highest BCUT2D eigenvalue weighted by molar-refractivity contribution is 5.80. The molecule has 1 fully saturated rings. The zero-order chi connectivity index (χ0) is 14.4. The monoisotopic (exact) mass is 275 g/mol. The number of amides is 1. The van der Waals surface area contributed by atoms with E-state index in [1.807, 2.05) is 18.2 Å². The summed E-state index contributed by atoms with van der Waals surface area (Å²) >= 11 is 0. The average Bonchev–Trinajstić information content (AvgIpc) is 2.74. The van der Waals surface area contributed by atoms with Gasteiger partial charge in [-0.05, 0) is 30.9 Å². The quantitative estimate of drug-likeness (QED) is 0.852. The highest BCUT2D eigenvalue weighted by Gasteiger charge is 2.26. The molecule has 4 heteroatoms. The second kappa shape index (κ2) is 7.41. The third kappa shape index (κ3) is 4.05. The number of nitrogens with two attached hydrogens (primary N) is 1. The molecule has 2 atom stereocenters. The molecule has 1 aliphatic rings. The number of carbonyl (C=O) groups excluding carboxylic acids is 1. The number of primary amides is 1. The first-order chi connectivity index (χ1) is 9.68. The maximum Gasteiger partial charge on any atom is 0.234 e. The van der Waals surface area contributed by atoms with Crippen LogP contribution >= 0.6 is 0 Å². The van der Waals surface area contributed by atoms with E-state index in [0.717, 1.165) is 39.0 Å². The number of hydrogen-bond donors (Lipinski definition) is 2. The topological polar surface area (TPSA) is 58.4 Å². The molecule has 4 nitrogen and oxygen atoms in total. The van der Waals surface area contributed by atoms with Crippen molar-refractivity contribution in [2.45, 2.75) is 31.7 Å². The van der Waals surface area contributed by atoms with Crippen molar-refractivity contribution in [1.29, 1.82) is 0 Å². The van der Waals surface area contributed by atoms with Crippen molar-refractivity contribution >= 4 is 5.91 Å². The molecule has 1 aliphatic heterocycles. The molecule has 2 rings (SSSR count). The van der Waals surface area contributed by atoms with Crippen molar-refractivity contribution in [3.05, 3.63) is 35.9 Å². The van der Waals surface area contributed by atoms with Gasteiger partial charge in [0.2, 0.25) is 5.91 Å². The van der Waals surface area contributed by atoms with E-state index in [1.165, 1.54) is 5.56 Å². The molecule has 20 heavy (non-hydrogen) atoms. The molecule has 1 aromatic carbocycles. The van der Waals surface area contributed by atoms with E-state index in [9.17, 15) is 4.79 Å². The second-order valence-electron chi connectivity index (χ2n) is 5.61. The van der Waals surface area contributed by atoms with Crippen molar-refractivity contribution in [3.8, 4) is 0 Å². The largest absolute Gasteiger partial charge is 0.368 e. The fraction of sp³-hybridized carbons (Fsp3) is 0.562. The van der Waals surface area contributed by atoms with Gasteiger partial charge in [0.15, 0.2) is 0 Å². The lowest BCUT2D eigenvalue weighted by Gasteiger charge is -2.30. The van der Waals surface area contributed by atoms with Crippen molar-refractivity contribution in [2.24, 2.45) is 5.73 Å². The Bertz CT molecular complexity index is 413. The lowest BCUT2D eigenvalue weighted by molar-refractivity contribution is -0.123. The second-order valence-corrected chi connectivity index (χ2v) is 5.61. The standard InChI is InChI=1S/C16H25N3O/c1-13(14-6-3-2-4-7-14)12-15(16(17)20)19-10-5-8-18-9-11-19/h2-4,6-7,13,15,18H,5,8-12H2,1H3,(H2,17,20). The molecule has 3 N–H and O–H groups in total. The van der Waals surface area contributed by atoms with E-state index in [1.54, 1.807) is 0 Å². The highest BCUT2D eigenvalue weighted by Crippen LogP contribution is 2.22. The van der Waals surface area contributed by atoms with Crippen molar-refractivity contribution in [3.63, 3.8) is 0 Å². The van der Waals surface area contributed by atoms with Gasteiger partial charge in [0.1, 0.15) is 0 Å². The van der Waals surface area contributed by atoms with E-state index in [-0.39, 0.29) is 11.9 Å². The molecule has 1 amide bonds. The van der Waals surface area contributed by atoms with Crippen LogP contribution in [0.4, 0.5) is 0 Å². The highest BCUT2D eigenvalue weighted by atomic mass is 16.1. The Balaban J connectivity index is 2.03. The van der Waals surface area contributed by atoms with E-state index >= 15 is 0 Å². The van der Waals surface area contributed by atoms with Gasteiger partial charge in [-0.25, -0.2) is 0 Å². The van der Waals surface area contributed by atoms with Gasteiger partial charge in [-0.15, -0.1) is 0 Å². The van der Waals surface area contributed by atoms with Crippen LogP contribution in [-0.4, -0.2) is 43.0 Å². The summed E-state index contributed by atoms with van der Waals surface area (Å²) in [7, 11) is 0. The molecule has 1 heterocycles. The molecule has 1 saturated heterocycles. The summed E-state index contributed by atoms with van der Waals surface area (Å²) in [5.74, 6) is 0.139. The van der Waals surface area contributed by atoms with Crippen LogP contribution < -0.4 is 11.1 Å². The minimum Gasteiger partial charge on any atom is -0.368 e. The fourth-order valence-electron chi connectivity index (χ4n) is 2.88. The third-order valence-corrected chi connectivity index (χ3v) is 4.09. The summed E-state index contributed by atoms with van der Waals surface area (Å²) in [5, 5.41) is 3.36. The summed E-state index contributed by atoms with van der Waals surface area (Å²) in [6.07, 6.45) is 1.86. The fourth-order valence-corrected chi connectivity index (χ4v) is 2.88. The molecule has 0 spiro atoms. The minimum absolute atomic E-state index is 0.162. The van der Waals surface area contributed by atoms with Crippen LogP contribution in [0.2, 0.25) is 0 Å². The maximum absolute atomic E-state index is 11.8. The first-order valence-corrected chi connectivity index (χ1v) is 7.47. The first-order valence-electron chi connectivity index (χ1n) is 7.47. The van der Waals surface area contributed by atoms with Crippen LogP contribution in [0.1, 0.15) is 31.2 Å². The lowest BCUT2D eigenvalue weighted by atomic mass is 9.93. The Kier molecular flexibility index (Phi) is 5.56. The Hall–Kier alpha value is -1.39. The van der Waals surface area contributed by atoms with Gasteiger partial charge in [0.25, 0.3) is 0 Å².